The monoisotopic (exact) mass is 651 g/mol. The van der Waals surface area contributed by atoms with Crippen LogP contribution in [-0.4, -0.2) is 15.0 Å². The highest BCUT2D eigenvalue weighted by molar-refractivity contribution is 6.20. The third kappa shape index (κ3) is 5.04. The van der Waals surface area contributed by atoms with Gasteiger partial charge in [0.2, 0.25) is 0 Å². The first-order valence-electron chi connectivity index (χ1n) is 17.1. The van der Waals surface area contributed by atoms with Crippen LogP contribution in [0.15, 0.2) is 180 Å². The molecule has 0 aliphatic carbocycles. The maximum absolute atomic E-state index is 6.84. The Morgan fingerprint density at radius 2 is 0.843 bits per heavy atom. The van der Waals surface area contributed by atoms with E-state index in [4.69, 9.17) is 19.4 Å². The molecule has 0 saturated heterocycles. The van der Waals surface area contributed by atoms with Crippen LogP contribution in [0.2, 0.25) is 0 Å². The molecule has 0 aliphatic heterocycles. The lowest BCUT2D eigenvalue weighted by molar-refractivity contribution is 0.674. The zero-order chi connectivity index (χ0) is 33.7. The van der Waals surface area contributed by atoms with Gasteiger partial charge < -0.3 is 4.42 Å². The molecule has 10 rings (SSSR count). The summed E-state index contributed by atoms with van der Waals surface area (Å²) in [4.78, 5) is 15.1. The van der Waals surface area contributed by atoms with Crippen LogP contribution < -0.4 is 0 Å². The van der Waals surface area contributed by atoms with Crippen LogP contribution in [0.25, 0.3) is 99.9 Å². The summed E-state index contributed by atoms with van der Waals surface area (Å²) in [7, 11) is 0. The van der Waals surface area contributed by atoms with Crippen molar-refractivity contribution >= 4 is 43.5 Å². The molecule has 51 heavy (non-hydrogen) atoms. The van der Waals surface area contributed by atoms with Gasteiger partial charge in [-0.15, -0.1) is 0 Å². The van der Waals surface area contributed by atoms with Crippen LogP contribution in [-0.2, 0) is 0 Å². The van der Waals surface area contributed by atoms with Crippen molar-refractivity contribution in [1.82, 2.24) is 15.0 Å². The average molecular weight is 652 g/mol. The van der Waals surface area contributed by atoms with Gasteiger partial charge in [0, 0.05) is 38.4 Å². The summed E-state index contributed by atoms with van der Waals surface area (Å²) in [5, 5.41) is 6.60. The Labute approximate surface area is 294 Å². The van der Waals surface area contributed by atoms with Gasteiger partial charge in [-0.3, -0.25) is 0 Å². The molecule has 0 aliphatic rings. The van der Waals surface area contributed by atoms with Crippen molar-refractivity contribution in [2.45, 2.75) is 0 Å². The number of para-hydroxylation sites is 1. The van der Waals surface area contributed by atoms with Crippen LogP contribution in [0.5, 0.6) is 0 Å². The number of hydrogen-bond acceptors (Lipinski definition) is 4. The molecule has 2 aromatic heterocycles. The molecule has 4 heteroatoms. The van der Waals surface area contributed by atoms with E-state index in [1.54, 1.807) is 0 Å². The maximum Gasteiger partial charge on any atom is 0.164 e. The third-order valence-corrected chi connectivity index (χ3v) is 9.72. The summed E-state index contributed by atoms with van der Waals surface area (Å²) >= 11 is 0. The fraction of sp³-hybridized carbons (Fsp3) is 0. The highest BCUT2D eigenvalue weighted by atomic mass is 16.3. The highest BCUT2D eigenvalue weighted by Gasteiger charge is 2.20. The molecule has 4 nitrogen and oxygen atoms in total. The largest absolute Gasteiger partial charge is 0.455 e. The lowest BCUT2D eigenvalue weighted by Gasteiger charge is -2.11. The maximum atomic E-state index is 6.84. The predicted octanol–water partition coefficient (Wildman–Crippen LogP) is 12.4. The van der Waals surface area contributed by atoms with Gasteiger partial charge in [-0.1, -0.05) is 164 Å². The SMILES string of the molecule is c1ccc(-c2nc(-c3ccccc3)nc(-c3cc4c5cccc(-c6ccc(-c7ccc8ccccc8c7)cc6)c5oc4c4ccccc34)n2)cc1. The number of furan rings is 1. The summed E-state index contributed by atoms with van der Waals surface area (Å²) in [5.74, 6) is 1.89. The van der Waals surface area contributed by atoms with E-state index in [9.17, 15) is 0 Å². The second-order valence-electron chi connectivity index (χ2n) is 12.8. The number of hydrogen-bond donors (Lipinski definition) is 0. The number of benzene rings is 8. The van der Waals surface area contributed by atoms with Crippen LogP contribution in [0.1, 0.15) is 0 Å². The molecule has 0 atom stereocenters. The van der Waals surface area contributed by atoms with Gasteiger partial charge in [0.1, 0.15) is 11.2 Å². The zero-order valence-corrected chi connectivity index (χ0v) is 27.5. The Balaban J connectivity index is 1.14. The first kappa shape index (κ1) is 29.0. The second-order valence-corrected chi connectivity index (χ2v) is 12.8. The Hall–Kier alpha value is -6.91. The van der Waals surface area contributed by atoms with Gasteiger partial charge in [0.25, 0.3) is 0 Å². The Morgan fingerprint density at radius 3 is 1.57 bits per heavy atom. The molecule has 0 fully saturated rings. The molecule has 8 aromatic carbocycles. The first-order valence-corrected chi connectivity index (χ1v) is 17.1. The lowest BCUT2D eigenvalue weighted by Crippen LogP contribution is -2.00. The summed E-state index contributed by atoms with van der Waals surface area (Å²) in [6, 6.07) is 61.0. The van der Waals surface area contributed by atoms with Gasteiger partial charge in [-0.25, -0.2) is 15.0 Å². The van der Waals surface area contributed by atoms with Crippen LogP contribution >= 0.6 is 0 Å². The van der Waals surface area contributed by atoms with Crippen molar-refractivity contribution < 1.29 is 4.42 Å². The number of aromatic nitrogens is 3. The minimum absolute atomic E-state index is 0.621. The standard InChI is InChI=1S/C47H29N3O/c1-3-13-33(14-4-1)45-48-46(34-15-5-2-6-16-34)50-47(49-45)42-29-41-40-21-11-20-37(43(40)51-44(41)39-19-10-9-18-38(39)42)32-25-22-31(23-26-32)36-27-24-30-12-7-8-17-35(30)28-36/h1-29H. The van der Waals surface area contributed by atoms with Gasteiger partial charge in [0.15, 0.2) is 17.5 Å². The molecule has 0 bridgehead atoms. The van der Waals surface area contributed by atoms with E-state index < -0.39 is 0 Å². The molecule has 2 heterocycles. The number of rotatable bonds is 5. The summed E-state index contributed by atoms with van der Waals surface area (Å²) in [5.41, 5.74) is 9.06. The fourth-order valence-electron chi connectivity index (χ4n) is 7.17. The zero-order valence-electron chi connectivity index (χ0n) is 27.5. The molecule has 0 radical (unpaired) electrons. The molecule has 0 unspecified atom stereocenters. The topological polar surface area (TPSA) is 51.8 Å². The van der Waals surface area contributed by atoms with Crippen molar-refractivity contribution in [3.8, 4) is 56.4 Å². The van der Waals surface area contributed by atoms with E-state index in [1.807, 2.05) is 60.7 Å². The first-order chi connectivity index (χ1) is 25.3. The van der Waals surface area contributed by atoms with E-state index in [0.717, 1.165) is 60.5 Å². The molecule has 0 N–H and O–H groups in total. The van der Waals surface area contributed by atoms with Crippen LogP contribution in [0, 0.1) is 0 Å². The normalized spacial score (nSPS) is 11.5. The Kier molecular flexibility index (Phi) is 6.78. The summed E-state index contributed by atoms with van der Waals surface area (Å²) in [6.45, 7) is 0. The Bertz CT molecular complexity index is 2840. The van der Waals surface area contributed by atoms with Crippen molar-refractivity contribution in [2.24, 2.45) is 0 Å². The molecule has 0 spiro atoms. The van der Waals surface area contributed by atoms with Crippen LogP contribution in [0.4, 0.5) is 0 Å². The molecular weight excluding hydrogens is 623 g/mol. The number of nitrogens with zero attached hydrogens (tertiary/aromatic N) is 3. The van der Waals surface area contributed by atoms with Crippen molar-refractivity contribution in [2.75, 3.05) is 0 Å². The molecule has 0 saturated carbocycles. The van der Waals surface area contributed by atoms with Gasteiger partial charge >= 0.3 is 0 Å². The third-order valence-electron chi connectivity index (χ3n) is 9.72. The minimum atomic E-state index is 0.621. The minimum Gasteiger partial charge on any atom is -0.455 e. The molecule has 238 valence electrons. The quantitative estimate of drug-likeness (QED) is 0.186. The van der Waals surface area contributed by atoms with Gasteiger partial charge in [0.05, 0.1) is 0 Å². The van der Waals surface area contributed by atoms with Crippen molar-refractivity contribution in [1.29, 1.82) is 0 Å². The van der Waals surface area contributed by atoms with Gasteiger partial charge in [-0.2, -0.15) is 0 Å². The molecule has 10 aromatic rings. The second kappa shape index (κ2) is 11.9. The van der Waals surface area contributed by atoms with E-state index >= 15 is 0 Å². The smallest absolute Gasteiger partial charge is 0.164 e. The Morgan fingerprint density at radius 1 is 0.294 bits per heavy atom. The average Bonchev–Trinajstić information content (AvgIpc) is 3.60. The molecular formula is C47H29N3O. The lowest BCUT2D eigenvalue weighted by atomic mass is 9.96. The van der Waals surface area contributed by atoms with E-state index in [1.165, 1.54) is 21.9 Å². The van der Waals surface area contributed by atoms with Crippen LogP contribution in [0.3, 0.4) is 0 Å². The summed E-state index contributed by atoms with van der Waals surface area (Å²) < 4.78 is 6.84. The van der Waals surface area contributed by atoms with E-state index in [0.29, 0.717) is 17.5 Å². The number of fused-ring (bicyclic) bond motifs is 6. The van der Waals surface area contributed by atoms with E-state index in [-0.39, 0.29) is 0 Å². The molecule has 0 amide bonds. The summed E-state index contributed by atoms with van der Waals surface area (Å²) in [6.07, 6.45) is 0. The van der Waals surface area contributed by atoms with Crippen molar-refractivity contribution in [3.63, 3.8) is 0 Å². The van der Waals surface area contributed by atoms with Crippen molar-refractivity contribution in [3.05, 3.63) is 176 Å². The fourth-order valence-corrected chi connectivity index (χ4v) is 7.17. The highest BCUT2D eigenvalue weighted by Crippen LogP contribution is 2.42. The predicted molar refractivity (Wildman–Crippen MR) is 209 cm³/mol. The van der Waals surface area contributed by atoms with Gasteiger partial charge in [-0.05, 0) is 45.0 Å². The van der Waals surface area contributed by atoms with E-state index in [2.05, 4.69) is 115 Å².